The Morgan fingerprint density at radius 1 is 1.33 bits per heavy atom. The van der Waals surface area contributed by atoms with E-state index in [0.29, 0.717) is 5.75 Å². The van der Waals surface area contributed by atoms with Gasteiger partial charge >= 0.3 is 0 Å². The summed E-state index contributed by atoms with van der Waals surface area (Å²) in [6, 6.07) is 5.55. The van der Waals surface area contributed by atoms with Crippen molar-refractivity contribution >= 4 is 5.57 Å². The summed E-state index contributed by atoms with van der Waals surface area (Å²) in [5.74, 6) is 0.311. The fraction of sp³-hybridized carbons (Fsp3) is 0.385. The number of benzene rings is 1. The molecule has 1 aromatic carbocycles. The topological polar surface area (TPSA) is 46.2 Å². The quantitative estimate of drug-likeness (QED) is 0.736. The third-order valence-corrected chi connectivity index (χ3v) is 2.84. The number of aryl methyl sites for hydroxylation is 1. The summed E-state index contributed by atoms with van der Waals surface area (Å²) in [5, 5.41) is 9.50. The molecule has 0 bridgehead atoms. The number of phenolic OH excluding ortho intramolecular Hbond substituents is 1. The van der Waals surface area contributed by atoms with Crippen LogP contribution >= 0.6 is 0 Å². The number of aromatic hydroxyl groups is 1. The molecule has 1 aliphatic carbocycles. The maximum Gasteiger partial charge on any atom is 0.116 e. The molecule has 0 saturated heterocycles. The van der Waals surface area contributed by atoms with Gasteiger partial charge in [-0.05, 0) is 55.5 Å². The molecular weight excluding hydrogens is 186 g/mol. The second-order valence-corrected chi connectivity index (χ2v) is 4.72. The van der Waals surface area contributed by atoms with Gasteiger partial charge in [0.15, 0.2) is 0 Å². The predicted octanol–water partition coefficient (Wildman–Crippen LogP) is 2.46. The fourth-order valence-corrected chi connectivity index (χ4v) is 2.13. The molecule has 2 rings (SSSR count). The van der Waals surface area contributed by atoms with Crippen molar-refractivity contribution in [2.24, 2.45) is 5.73 Å². The Labute approximate surface area is 90.4 Å². The number of fused-ring (bicyclic) bond motifs is 1. The molecule has 15 heavy (non-hydrogen) atoms. The molecule has 2 nitrogen and oxygen atoms in total. The summed E-state index contributed by atoms with van der Waals surface area (Å²) in [6.45, 7) is 4.00. The van der Waals surface area contributed by atoms with Crippen LogP contribution in [0.1, 0.15) is 31.4 Å². The van der Waals surface area contributed by atoms with E-state index in [0.717, 1.165) is 24.0 Å². The SMILES string of the molecule is CC(C)(N)C1=CCCc2ccc(O)cc21. The fourth-order valence-electron chi connectivity index (χ4n) is 2.13. The molecule has 0 heterocycles. The van der Waals surface area contributed by atoms with Gasteiger partial charge in [-0.25, -0.2) is 0 Å². The average molecular weight is 203 g/mol. The summed E-state index contributed by atoms with van der Waals surface area (Å²) in [5.41, 5.74) is 9.31. The maximum absolute atomic E-state index is 9.50. The number of rotatable bonds is 1. The van der Waals surface area contributed by atoms with E-state index in [1.54, 1.807) is 6.07 Å². The van der Waals surface area contributed by atoms with Crippen LogP contribution in [0.5, 0.6) is 5.75 Å². The van der Waals surface area contributed by atoms with Crippen molar-refractivity contribution in [1.82, 2.24) is 0 Å². The minimum Gasteiger partial charge on any atom is -0.508 e. The number of hydrogen-bond acceptors (Lipinski definition) is 2. The zero-order valence-electron chi connectivity index (χ0n) is 9.25. The van der Waals surface area contributed by atoms with Gasteiger partial charge in [0.2, 0.25) is 0 Å². The summed E-state index contributed by atoms with van der Waals surface area (Å²) in [6.07, 6.45) is 4.25. The number of allylic oxidation sites excluding steroid dienone is 1. The van der Waals surface area contributed by atoms with Crippen molar-refractivity contribution in [2.45, 2.75) is 32.2 Å². The van der Waals surface area contributed by atoms with E-state index in [1.807, 2.05) is 26.0 Å². The minimum atomic E-state index is -0.344. The molecule has 0 unspecified atom stereocenters. The first-order valence-electron chi connectivity index (χ1n) is 5.30. The van der Waals surface area contributed by atoms with Crippen LogP contribution in [0.3, 0.4) is 0 Å². The van der Waals surface area contributed by atoms with Crippen molar-refractivity contribution in [3.63, 3.8) is 0 Å². The molecule has 0 saturated carbocycles. The normalized spacial score (nSPS) is 15.8. The lowest BCUT2D eigenvalue weighted by Gasteiger charge is -2.28. The van der Waals surface area contributed by atoms with Crippen molar-refractivity contribution < 1.29 is 5.11 Å². The van der Waals surface area contributed by atoms with Gasteiger partial charge in [-0.2, -0.15) is 0 Å². The zero-order valence-corrected chi connectivity index (χ0v) is 9.25. The van der Waals surface area contributed by atoms with E-state index in [-0.39, 0.29) is 5.54 Å². The molecule has 2 heteroatoms. The molecule has 3 N–H and O–H groups in total. The Morgan fingerprint density at radius 2 is 2.07 bits per heavy atom. The second kappa shape index (κ2) is 3.38. The lowest BCUT2D eigenvalue weighted by Crippen LogP contribution is -2.34. The molecule has 0 radical (unpaired) electrons. The highest BCUT2D eigenvalue weighted by atomic mass is 16.3. The smallest absolute Gasteiger partial charge is 0.116 e. The van der Waals surface area contributed by atoms with Crippen molar-refractivity contribution in [2.75, 3.05) is 0 Å². The van der Waals surface area contributed by atoms with Crippen LogP contribution in [-0.2, 0) is 6.42 Å². The van der Waals surface area contributed by atoms with E-state index in [9.17, 15) is 5.11 Å². The van der Waals surface area contributed by atoms with Crippen molar-refractivity contribution in [3.05, 3.63) is 35.4 Å². The molecule has 1 aliphatic rings. The standard InChI is InChI=1S/C13H17NO/c1-13(2,14)12-5-3-4-9-6-7-10(15)8-11(9)12/h5-8,15H,3-4,14H2,1-2H3. The molecular formula is C13H17NO. The average Bonchev–Trinajstić information content (AvgIpc) is 2.15. The van der Waals surface area contributed by atoms with Crippen LogP contribution in [-0.4, -0.2) is 10.6 Å². The van der Waals surface area contributed by atoms with Crippen LogP contribution in [0.15, 0.2) is 24.3 Å². The van der Waals surface area contributed by atoms with Crippen LogP contribution in [0.25, 0.3) is 5.57 Å². The van der Waals surface area contributed by atoms with E-state index >= 15 is 0 Å². The Morgan fingerprint density at radius 3 is 2.73 bits per heavy atom. The minimum absolute atomic E-state index is 0.311. The van der Waals surface area contributed by atoms with Crippen molar-refractivity contribution in [1.29, 1.82) is 0 Å². The first kappa shape index (κ1) is 10.2. The maximum atomic E-state index is 9.50. The van der Waals surface area contributed by atoms with Crippen LogP contribution < -0.4 is 5.73 Å². The lowest BCUT2D eigenvalue weighted by atomic mass is 9.81. The molecule has 0 spiro atoms. The van der Waals surface area contributed by atoms with Gasteiger partial charge in [0.05, 0.1) is 0 Å². The van der Waals surface area contributed by atoms with Crippen molar-refractivity contribution in [3.8, 4) is 5.75 Å². The molecule has 1 aromatic rings. The molecule has 80 valence electrons. The van der Waals surface area contributed by atoms with E-state index in [4.69, 9.17) is 5.73 Å². The largest absolute Gasteiger partial charge is 0.508 e. The highest BCUT2D eigenvalue weighted by Crippen LogP contribution is 2.34. The van der Waals surface area contributed by atoms with Gasteiger partial charge in [-0.1, -0.05) is 12.1 Å². The van der Waals surface area contributed by atoms with Gasteiger partial charge in [0.1, 0.15) is 5.75 Å². The van der Waals surface area contributed by atoms with Crippen LogP contribution in [0.4, 0.5) is 0 Å². The Balaban J connectivity index is 2.54. The lowest BCUT2D eigenvalue weighted by molar-refractivity contribution is 0.474. The van der Waals surface area contributed by atoms with Gasteiger partial charge in [0, 0.05) is 5.54 Å². The first-order valence-corrected chi connectivity index (χ1v) is 5.30. The summed E-state index contributed by atoms with van der Waals surface area (Å²) < 4.78 is 0. The van der Waals surface area contributed by atoms with Crippen LogP contribution in [0.2, 0.25) is 0 Å². The third-order valence-electron chi connectivity index (χ3n) is 2.84. The number of nitrogens with two attached hydrogens (primary N) is 1. The van der Waals surface area contributed by atoms with Gasteiger partial charge < -0.3 is 10.8 Å². The second-order valence-electron chi connectivity index (χ2n) is 4.72. The van der Waals surface area contributed by atoms with Crippen LogP contribution in [0, 0.1) is 0 Å². The summed E-state index contributed by atoms with van der Waals surface area (Å²) >= 11 is 0. The van der Waals surface area contributed by atoms with E-state index in [2.05, 4.69) is 6.08 Å². The summed E-state index contributed by atoms with van der Waals surface area (Å²) in [7, 11) is 0. The highest BCUT2D eigenvalue weighted by Gasteiger charge is 2.23. The molecule has 0 aliphatic heterocycles. The Hall–Kier alpha value is -1.28. The van der Waals surface area contributed by atoms with E-state index in [1.165, 1.54) is 5.56 Å². The van der Waals surface area contributed by atoms with E-state index < -0.39 is 0 Å². The Kier molecular flexibility index (Phi) is 2.31. The number of hydrogen-bond donors (Lipinski definition) is 2. The molecule has 0 aromatic heterocycles. The van der Waals surface area contributed by atoms with Gasteiger partial charge in [0.25, 0.3) is 0 Å². The third kappa shape index (κ3) is 1.90. The monoisotopic (exact) mass is 203 g/mol. The predicted molar refractivity (Wildman–Crippen MR) is 62.7 cm³/mol. The van der Waals surface area contributed by atoms with Gasteiger partial charge in [-0.15, -0.1) is 0 Å². The zero-order chi connectivity index (χ0) is 11.1. The Bertz CT molecular complexity index is 413. The molecule has 0 amide bonds. The summed E-state index contributed by atoms with van der Waals surface area (Å²) in [4.78, 5) is 0. The molecule has 0 atom stereocenters. The molecule has 0 fully saturated rings. The number of phenols is 1. The first-order chi connectivity index (χ1) is 6.98. The van der Waals surface area contributed by atoms with Gasteiger partial charge in [-0.3, -0.25) is 0 Å². The highest BCUT2D eigenvalue weighted by molar-refractivity contribution is 5.76.